The highest BCUT2D eigenvalue weighted by Gasteiger charge is 2.02. The van der Waals surface area contributed by atoms with Crippen LogP contribution in [0.2, 0.25) is 5.02 Å². The van der Waals surface area contributed by atoms with Gasteiger partial charge >= 0.3 is 0 Å². The molecule has 0 saturated heterocycles. The summed E-state index contributed by atoms with van der Waals surface area (Å²) in [6, 6.07) is 5.71. The fraction of sp³-hybridized carbons (Fsp3) is 0.273. The van der Waals surface area contributed by atoms with Gasteiger partial charge in [-0.15, -0.1) is 0 Å². The number of likely N-dealkylation sites (N-methyl/N-ethyl adjacent to an activating group) is 1. The van der Waals surface area contributed by atoms with Crippen LogP contribution in [0.3, 0.4) is 0 Å². The molecule has 0 aliphatic rings. The van der Waals surface area contributed by atoms with Crippen LogP contribution in [-0.4, -0.2) is 23.6 Å². The topological polar surface area (TPSA) is 37.8 Å². The van der Waals surface area contributed by atoms with Crippen molar-refractivity contribution < 1.29 is 0 Å². The van der Waals surface area contributed by atoms with Crippen molar-refractivity contribution in [3.63, 3.8) is 0 Å². The Kier molecular flexibility index (Phi) is 3.14. The Balaban J connectivity index is 2.41. The molecule has 2 aromatic rings. The van der Waals surface area contributed by atoms with Gasteiger partial charge in [0.15, 0.2) is 0 Å². The monoisotopic (exact) mass is 221 g/mol. The molecule has 4 heteroatoms. The van der Waals surface area contributed by atoms with E-state index >= 15 is 0 Å². The summed E-state index contributed by atoms with van der Waals surface area (Å²) in [5, 5.41) is 4.73. The molecule has 0 aliphatic heterocycles. The van der Waals surface area contributed by atoms with E-state index < -0.39 is 0 Å². The molecular weight excluding hydrogens is 210 g/mol. The first-order chi connectivity index (χ1) is 7.31. The van der Waals surface area contributed by atoms with Gasteiger partial charge in [-0.05, 0) is 13.1 Å². The smallest absolute Gasteiger partial charge is 0.130 e. The van der Waals surface area contributed by atoms with Crippen LogP contribution in [0.4, 0.5) is 0 Å². The Bertz CT molecular complexity index is 470. The Morgan fingerprint density at radius 1 is 1.40 bits per heavy atom. The maximum absolute atomic E-state index is 6.06. The molecule has 0 amide bonds. The number of nitrogens with one attached hydrogen (secondary N) is 1. The first kappa shape index (κ1) is 10.3. The molecule has 0 bridgehead atoms. The molecule has 15 heavy (non-hydrogen) atoms. The third-order valence-corrected chi connectivity index (χ3v) is 2.52. The van der Waals surface area contributed by atoms with E-state index in [0.717, 1.165) is 29.7 Å². The zero-order chi connectivity index (χ0) is 10.7. The molecule has 1 N–H and O–H groups in total. The lowest BCUT2D eigenvalue weighted by molar-refractivity contribution is 0.759. The lowest BCUT2D eigenvalue weighted by atomic mass is 10.2. The second-order valence-electron chi connectivity index (χ2n) is 3.32. The molecule has 0 atom stereocenters. The highest BCUT2D eigenvalue weighted by atomic mass is 35.5. The first-order valence-electron chi connectivity index (χ1n) is 4.86. The van der Waals surface area contributed by atoms with E-state index in [-0.39, 0.29) is 0 Å². The number of fused-ring (bicyclic) bond motifs is 1. The van der Waals surface area contributed by atoms with Crippen molar-refractivity contribution in [2.24, 2.45) is 0 Å². The molecule has 0 spiro atoms. The van der Waals surface area contributed by atoms with Crippen LogP contribution in [0.25, 0.3) is 10.9 Å². The van der Waals surface area contributed by atoms with Crippen LogP contribution in [0.1, 0.15) is 5.82 Å². The molecule has 2 rings (SSSR count). The molecule has 0 fully saturated rings. The quantitative estimate of drug-likeness (QED) is 0.862. The van der Waals surface area contributed by atoms with Gasteiger partial charge in [0.25, 0.3) is 0 Å². The molecule has 78 valence electrons. The van der Waals surface area contributed by atoms with Crippen molar-refractivity contribution in [2.75, 3.05) is 13.6 Å². The van der Waals surface area contributed by atoms with Crippen LogP contribution in [-0.2, 0) is 6.42 Å². The third kappa shape index (κ3) is 2.25. The number of nitrogens with zero attached hydrogens (tertiary/aromatic N) is 2. The molecule has 0 saturated carbocycles. The molecule has 0 unspecified atom stereocenters. The lowest BCUT2D eigenvalue weighted by Gasteiger charge is -2.02. The molecule has 1 aromatic carbocycles. The molecular formula is C11H12ClN3. The second kappa shape index (κ2) is 4.55. The SMILES string of the molecule is CNCCc1ncc2cccc(Cl)c2n1. The van der Waals surface area contributed by atoms with Gasteiger partial charge in [0.2, 0.25) is 0 Å². The largest absolute Gasteiger partial charge is 0.319 e. The van der Waals surface area contributed by atoms with Gasteiger partial charge in [-0.2, -0.15) is 0 Å². The number of benzene rings is 1. The average Bonchev–Trinajstić information content (AvgIpc) is 2.27. The summed E-state index contributed by atoms with van der Waals surface area (Å²) in [7, 11) is 1.91. The van der Waals surface area contributed by atoms with Crippen molar-refractivity contribution in [3.05, 3.63) is 35.2 Å². The van der Waals surface area contributed by atoms with Gasteiger partial charge in [0.1, 0.15) is 5.82 Å². The Morgan fingerprint density at radius 2 is 2.27 bits per heavy atom. The molecule has 1 aromatic heterocycles. The molecule has 0 aliphatic carbocycles. The van der Waals surface area contributed by atoms with E-state index in [0.29, 0.717) is 5.02 Å². The minimum atomic E-state index is 0.681. The van der Waals surface area contributed by atoms with Gasteiger partial charge in [-0.25, -0.2) is 9.97 Å². The van der Waals surface area contributed by atoms with Crippen molar-refractivity contribution >= 4 is 22.5 Å². The van der Waals surface area contributed by atoms with Crippen LogP contribution >= 0.6 is 11.6 Å². The van der Waals surface area contributed by atoms with E-state index in [1.807, 2.05) is 31.4 Å². The van der Waals surface area contributed by atoms with Gasteiger partial charge in [-0.1, -0.05) is 23.7 Å². The average molecular weight is 222 g/mol. The van der Waals surface area contributed by atoms with Gasteiger partial charge < -0.3 is 5.32 Å². The number of rotatable bonds is 3. The summed E-state index contributed by atoms with van der Waals surface area (Å²) in [5.41, 5.74) is 0.834. The summed E-state index contributed by atoms with van der Waals surface area (Å²) < 4.78 is 0. The number of aromatic nitrogens is 2. The Labute approximate surface area is 93.5 Å². The predicted octanol–water partition coefficient (Wildman–Crippen LogP) is 2.05. The molecule has 0 radical (unpaired) electrons. The molecule has 1 heterocycles. The summed E-state index contributed by atoms with van der Waals surface area (Å²) in [5.74, 6) is 0.824. The van der Waals surface area contributed by atoms with Gasteiger partial charge in [0.05, 0.1) is 10.5 Å². The van der Waals surface area contributed by atoms with Crippen molar-refractivity contribution in [1.29, 1.82) is 0 Å². The lowest BCUT2D eigenvalue weighted by Crippen LogP contribution is -2.12. The zero-order valence-corrected chi connectivity index (χ0v) is 9.25. The zero-order valence-electron chi connectivity index (χ0n) is 8.50. The standard InChI is InChI=1S/C11H12ClN3/c1-13-6-5-10-14-7-8-3-2-4-9(12)11(8)15-10/h2-4,7,13H,5-6H2,1H3. The second-order valence-corrected chi connectivity index (χ2v) is 3.72. The van der Waals surface area contributed by atoms with Crippen molar-refractivity contribution in [3.8, 4) is 0 Å². The van der Waals surface area contributed by atoms with Crippen molar-refractivity contribution in [2.45, 2.75) is 6.42 Å². The van der Waals surface area contributed by atoms with Crippen LogP contribution in [0.5, 0.6) is 0 Å². The maximum atomic E-state index is 6.06. The van der Waals surface area contributed by atoms with Crippen LogP contribution in [0.15, 0.2) is 24.4 Å². The fourth-order valence-corrected chi connectivity index (χ4v) is 1.64. The fourth-order valence-electron chi connectivity index (χ4n) is 1.41. The normalized spacial score (nSPS) is 10.8. The predicted molar refractivity (Wildman–Crippen MR) is 62.2 cm³/mol. The van der Waals surface area contributed by atoms with Crippen molar-refractivity contribution in [1.82, 2.24) is 15.3 Å². The summed E-state index contributed by atoms with van der Waals surface area (Å²) in [4.78, 5) is 8.70. The van der Waals surface area contributed by atoms with E-state index in [1.54, 1.807) is 0 Å². The van der Waals surface area contributed by atoms with Gasteiger partial charge in [0, 0.05) is 24.5 Å². The van der Waals surface area contributed by atoms with E-state index in [9.17, 15) is 0 Å². The minimum absolute atomic E-state index is 0.681. The number of hydrogen-bond donors (Lipinski definition) is 1. The van der Waals surface area contributed by atoms with Crippen LogP contribution in [0, 0.1) is 0 Å². The third-order valence-electron chi connectivity index (χ3n) is 2.21. The maximum Gasteiger partial charge on any atom is 0.130 e. The number of halogens is 1. The first-order valence-corrected chi connectivity index (χ1v) is 5.24. The Hall–Kier alpha value is -1.19. The highest BCUT2D eigenvalue weighted by molar-refractivity contribution is 6.34. The van der Waals surface area contributed by atoms with Crippen LogP contribution < -0.4 is 5.32 Å². The molecule has 3 nitrogen and oxygen atoms in total. The summed E-state index contributed by atoms with van der Waals surface area (Å²) in [6.45, 7) is 0.871. The minimum Gasteiger partial charge on any atom is -0.319 e. The van der Waals surface area contributed by atoms with E-state index in [2.05, 4.69) is 15.3 Å². The summed E-state index contributed by atoms with van der Waals surface area (Å²) in [6.07, 6.45) is 2.64. The van der Waals surface area contributed by atoms with Gasteiger partial charge in [-0.3, -0.25) is 0 Å². The van der Waals surface area contributed by atoms with E-state index in [4.69, 9.17) is 11.6 Å². The highest BCUT2D eigenvalue weighted by Crippen LogP contribution is 2.20. The number of para-hydroxylation sites is 1. The number of hydrogen-bond acceptors (Lipinski definition) is 3. The van der Waals surface area contributed by atoms with E-state index in [1.165, 1.54) is 0 Å². The Morgan fingerprint density at radius 3 is 3.07 bits per heavy atom. The summed E-state index contributed by atoms with van der Waals surface area (Å²) >= 11 is 6.06.